The van der Waals surface area contributed by atoms with Crippen molar-refractivity contribution in [3.63, 3.8) is 0 Å². The molecule has 4 nitrogen and oxygen atoms in total. The van der Waals surface area contributed by atoms with Gasteiger partial charge in [-0.2, -0.15) is 0 Å². The van der Waals surface area contributed by atoms with E-state index in [9.17, 15) is 17.9 Å². The number of sulfone groups is 1. The number of rotatable bonds is 4. The lowest BCUT2D eigenvalue weighted by atomic mass is 10.1. The Morgan fingerprint density at radius 1 is 1.21 bits per heavy atom. The monoisotopic (exact) mass is 289 g/mol. The van der Waals surface area contributed by atoms with E-state index < -0.39 is 27.8 Å². The van der Waals surface area contributed by atoms with Gasteiger partial charge in [0.15, 0.2) is 16.1 Å². The van der Waals surface area contributed by atoms with Crippen molar-refractivity contribution in [3.8, 4) is 0 Å². The molecule has 6 heteroatoms. The van der Waals surface area contributed by atoms with Gasteiger partial charge in [-0.05, 0) is 38.5 Å². The van der Waals surface area contributed by atoms with Crippen LogP contribution in [0, 0.1) is 0 Å². The fourth-order valence-corrected chi connectivity index (χ4v) is 2.20. The maximum Gasteiger partial charge on any atom is 0.181 e. The summed E-state index contributed by atoms with van der Waals surface area (Å²) in [6.45, 7) is 5.37. The summed E-state index contributed by atoms with van der Waals surface area (Å²) in [5, 5.41) is 12.5. The Kier molecular flexibility index (Phi) is 4.71. The molecular weight excluding hydrogens is 269 g/mol. The molecule has 0 aliphatic carbocycles. The summed E-state index contributed by atoms with van der Waals surface area (Å²) in [5.41, 5.74) is -0.135. The van der Waals surface area contributed by atoms with E-state index in [1.54, 1.807) is 20.8 Å². The van der Waals surface area contributed by atoms with Crippen molar-refractivity contribution in [2.45, 2.75) is 43.6 Å². The van der Waals surface area contributed by atoms with Crippen LogP contribution >= 0.6 is 0 Å². The zero-order chi connectivity index (χ0) is 14.8. The summed E-state index contributed by atoms with van der Waals surface area (Å²) in [4.78, 5) is 0.141. The van der Waals surface area contributed by atoms with Crippen LogP contribution in [0.25, 0.3) is 0 Å². The normalized spacial score (nSPS) is 16.1. The highest BCUT2D eigenvalue weighted by molar-refractivity contribution is 7.90. The Bertz CT molecular complexity index is 520. The number of hydrogen-bond donors (Lipinski definition) is 2. The van der Waals surface area contributed by atoms with Crippen molar-refractivity contribution >= 4 is 9.84 Å². The largest absolute Gasteiger partial charge is 0.384 e. The number of benzene rings is 1. The van der Waals surface area contributed by atoms with Gasteiger partial charge in [0.1, 0.15) is 6.10 Å². The molecular formula is C13H20FNO3S. The second-order valence-electron chi connectivity index (χ2n) is 5.58. The van der Waals surface area contributed by atoms with Crippen LogP contribution in [-0.4, -0.2) is 31.6 Å². The lowest BCUT2D eigenvalue weighted by molar-refractivity contribution is 0.0407. The van der Waals surface area contributed by atoms with E-state index in [0.29, 0.717) is 5.56 Å². The molecule has 0 aromatic heterocycles. The molecule has 108 valence electrons. The summed E-state index contributed by atoms with van der Waals surface area (Å²) in [5.74, 6) is 0. The molecule has 1 aromatic rings. The summed E-state index contributed by atoms with van der Waals surface area (Å²) in [6.07, 6.45) is -1.87. The smallest absolute Gasteiger partial charge is 0.181 e. The van der Waals surface area contributed by atoms with Gasteiger partial charge >= 0.3 is 0 Å². The zero-order valence-corrected chi connectivity index (χ0v) is 12.3. The molecule has 0 unspecified atom stereocenters. The second-order valence-corrected chi connectivity index (χ2v) is 7.60. The van der Waals surface area contributed by atoms with E-state index in [4.69, 9.17) is 0 Å². The highest BCUT2D eigenvalue weighted by atomic mass is 32.2. The number of nitrogens with one attached hydrogen (secondary N) is 1. The van der Waals surface area contributed by atoms with Crippen LogP contribution in [0.5, 0.6) is 0 Å². The van der Waals surface area contributed by atoms with Crippen LogP contribution in [0.1, 0.15) is 32.4 Å². The lowest BCUT2D eigenvalue weighted by Crippen LogP contribution is -2.44. The number of aliphatic hydroxyl groups excluding tert-OH is 1. The minimum absolute atomic E-state index is 0.141. The highest BCUT2D eigenvalue weighted by Crippen LogP contribution is 2.21. The van der Waals surface area contributed by atoms with Gasteiger partial charge in [0.25, 0.3) is 0 Å². The molecule has 0 radical (unpaired) electrons. The Labute approximate surface area is 113 Å². The molecule has 2 N–H and O–H groups in total. The maximum atomic E-state index is 13.8. The van der Waals surface area contributed by atoms with Crippen molar-refractivity contribution < 1.29 is 17.9 Å². The van der Waals surface area contributed by atoms with Gasteiger partial charge in [-0.25, -0.2) is 12.8 Å². The van der Waals surface area contributed by atoms with Gasteiger partial charge in [-0.15, -0.1) is 0 Å². The standard InChI is InChI=1S/C13H20FNO3S/c1-13(2,3)15-12(14)11(16)9-5-7-10(8-6-9)19(4,17)18/h5-8,11-12,15-16H,1-4H3/t11-,12-/m1/s1. The van der Waals surface area contributed by atoms with Crippen molar-refractivity contribution in [2.24, 2.45) is 0 Å². The number of halogens is 1. The first-order valence-corrected chi connectivity index (χ1v) is 7.80. The first kappa shape index (κ1) is 16.1. The van der Waals surface area contributed by atoms with Crippen molar-refractivity contribution in [1.82, 2.24) is 5.32 Å². The minimum atomic E-state index is -3.29. The molecule has 0 aliphatic rings. The van der Waals surface area contributed by atoms with E-state index in [1.807, 2.05) is 0 Å². The van der Waals surface area contributed by atoms with Gasteiger partial charge in [0.05, 0.1) is 4.90 Å². The van der Waals surface area contributed by atoms with E-state index >= 15 is 0 Å². The Balaban J connectivity index is 2.87. The first-order valence-electron chi connectivity index (χ1n) is 5.90. The third-order valence-electron chi connectivity index (χ3n) is 2.50. The SMILES string of the molecule is CC(C)(C)N[C@@H](F)[C@H](O)c1ccc(S(C)(=O)=O)cc1. The van der Waals surface area contributed by atoms with Crippen molar-refractivity contribution in [1.29, 1.82) is 0 Å². The van der Waals surface area contributed by atoms with Gasteiger partial charge in [0, 0.05) is 11.8 Å². The molecule has 0 spiro atoms. The topological polar surface area (TPSA) is 66.4 Å². The van der Waals surface area contributed by atoms with E-state index in [0.717, 1.165) is 6.26 Å². The molecule has 2 atom stereocenters. The van der Waals surface area contributed by atoms with E-state index in [2.05, 4.69) is 5.32 Å². The predicted molar refractivity (Wildman–Crippen MR) is 72.3 cm³/mol. The number of alkyl halides is 1. The fourth-order valence-electron chi connectivity index (χ4n) is 1.57. The third-order valence-corrected chi connectivity index (χ3v) is 3.63. The van der Waals surface area contributed by atoms with Crippen LogP contribution in [-0.2, 0) is 9.84 Å². The zero-order valence-electron chi connectivity index (χ0n) is 11.5. The molecule has 19 heavy (non-hydrogen) atoms. The quantitative estimate of drug-likeness (QED) is 0.830. The van der Waals surface area contributed by atoms with Crippen LogP contribution in [0.4, 0.5) is 4.39 Å². The molecule has 0 aliphatic heterocycles. The average molecular weight is 289 g/mol. The van der Waals surface area contributed by atoms with Crippen LogP contribution in [0.2, 0.25) is 0 Å². The molecule has 1 rings (SSSR count). The van der Waals surface area contributed by atoms with E-state index in [-0.39, 0.29) is 4.90 Å². The van der Waals surface area contributed by atoms with Gasteiger partial charge in [-0.3, -0.25) is 5.32 Å². The molecule has 0 amide bonds. The molecule has 0 heterocycles. The minimum Gasteiger partial charge on any atom is -0.384 e. The van der Waals surface area contributed by atoms with Crippen molar-refractivity contribution in [2.75, 3.05) is 6.26 Å². The molecule has 0 bridgehead atoms. The summed E-state index contributed by atoms with van der Waals surface area (Å²) in [6, 6.07) is 5.55. The summed E-state index contributed by atoms with van der Waals surface area (Å²) in [7, 11) is -3.29. The summed E-state index contributed by atoms with van der Waals surface area (Å²) >= 11 is 0. The Morgan fingerprint density at radius 2 is 1.68 bits per heavy atom. The lowest BCUT2D eigenvalue weighted by Gasteiger charge is -2.26. The second kappa shape index (κ2) is 5.56. The van der Waals surface area contributed by atoms with Gasteiger partial charge in [-0.1, -0.05) is 12.1 Å². The van der Waals surface area contributed by atoms with E-state index in [1.165, 1.54) is 24.3 Å². The van der Waals surface area contributed by atoms with Gasteiger partial charge < -0.3 is 5.11 Å². The van der Waals surface area contributed by atoms with Crippen LogP contribution in [0.15, 0.2) is 29.2 Å². The molecule has 1 aromatic carbocycles. The molecule has 0 fully saturated rings. The molecule has 0 saturated heterocycles. The summed E-state index contributed by atoms with van der Waals surface area (Å²) < 4.78 is 36.4. The highest BCUT2D eigenvalue weighted by Gasteiger charge is 2.24. The average Bonchev–Trinajstić information content (AvgIpc) is 2.24. The van der Waals surface area contributed by atoms with Crippen LogP contribution < -0.4 is 5.32 Å². The predicted octanol–water partition coefficient (Wildman–Crippen LogP) is 1.81. The Morgan fingerprint density at radius 3 is 2.05 bits per heavy atom. The van der Waals surface area contributed by atoms with Crippen molar-refractivity contribution in [3.05, 3.63) is 29.8 Å². The number of aliphatic hydroxyl groups is 1. The number of hydrogen-bond acceptors (Lipinski definition) is 4. The maximum absolute atomic E-state index is 13.8. The van der Waals surface area contributed by atoms with Gasteiger partial charge in [0.2, 0.25) is 0 Å². The third kappa shape index (κ3) is 4.89. The Hall–Kier alpha value is -0.980. The molecule has 0 saturated carbocycles. The first-order chi connectivity index (χ1) is 8.50. The van der Waals surface area contributed by atoms with Crippen LogP contribution in [0.3, 0.4) is 0 Å². The fraction of sp³-hybridized carbons (Fsp3) is 0.538.